The van der Waals surface area contributed by atoms with Gasteiger partial charge in [-0.3, -0.25) is 4.90 Å². The number of nitrogens with two attached hydrogens (primary N) is 1. The smallest absolute Gasteiger partial charge is 0.0824 e. The Kier molecular flexibility index (Phi) is 4.11. The molecule has 1 aliphatic heterocycles. The van der Waals surface area contributed by atoms with E-state index in [-0.39, 0.29) is 6.10 Å². The Labute approximate surface area is 106 Å². The van der Waals surface area contributed by atoms with Crippen molar-refractivity contribution >= 4 is 0 Å². The van der Waals surface area contributed by atoms with E-state index in [9.17, 15) is 0 Å². The first-order valence-corrected chi connectivity index (χ1v) is 7.07. The molecular formula is C14H28N2O. The SMILES string of the molecule is CC1CC(C)(C)CCC1N1CCOC(CN)C1. The summed E-state index contributed by atoms with van der Waals surface area (Å²) in [4.78, 5) is 2.63. The van der Waals surface area contributed by atoms with Gasteiger partial charge in [0.15, 0.2) is 0 Å². The molecule has 2 aliphatic rings. The van der Waals surface area contributed by atoms with Gasteiger partial charge in [-0.25, -0.2) is 0 Å². The fraction of sp³-hybridized carbons (Fsp3) is 1.00. The van der Waals surface area contributed by atoms with Crippen LogP contribution in [0.3, 0.4) is 0 Å². The van der Waals surface area contributed by atoms with Crippen LogP contribution in [0.1, 0.15) is 40.0 Å². The van der Waals surface area contributed by atoms with Crippen molar-refractivity contribution in [2.45, 2.75) is 52.2 Å². The van der Waals surface area contributed by atoms with Crippen LogP contribution in [-0.4, -0.2) is 43.3 Å². The van der Waals surface area contributed by atoms with Crippen LogP contribution >= 0.6 is 0 Å². The van der Waals surface area contributed by atoms with E-state index < -0.39 is 0 Å². The molecule has 0 aromatic carbocycles. The molecule has 2 N–H and O–H groups in total. The van der Waals surface area contributed by atoms with Crippen LogP contribution in [0, 0.1) is 11.3 Å². The summed E-state index contributed by atoms with van der Waals surface area (Å²) in [5.74, 6) is 0.801. The Bertz CT molecular complexity index is 255. The average Bonchev–Trinajstić information content (AvgIpc) is 2.28. The second-order valence-corrected chi connectivity index (χ2v) is 6.68. The lowest BCUT2D eigenvalue weighted by Crippen LogP contribution is -2.53. The summed E-state index contributed by atoms with van der Waals surface area (Å²) in [6.07, 6.45) is 4.30. The van der Waals surface area contributed by atoms with Crippen molar-refractivity contribution in [1.82, 2.24) is 4.90 Å². The Morgan fingerprint density at radius 2 is 2.18 bits per heavy atom. The fourth-order valence-electron chi connectivity index (χ4n) is 3.66. The molecule has 3 atom stereocenters. The molecule has 3 nitrogen and oxygen atoms in total. The van der Waals surface area contributed by atoms with Crippen LogP contribution in [-0.2, 0) is 4.74 Å². The van der Waals surface area contributed by atoms with Gasteiger partial charge in [0.2, 0.25) is 0 Å². The van der Waals surface area contributed by atoms with Crippen molar-refractivity contribution < 1.29 is 4.74 Å². The van der Waals surface area contributed by atoms with E-state index in [4.69, 9.17) is 10.5 Å². The van der Waals surface area contributed by atoms with Gasteiger partial charge < -0.3 is 10.5 Å². The quantitative estimate of drug-likeness (QED) is 0.800. The van der Waals surface area contributed by atoms with Crippen LogP contribution in [0.4, 0.5) is 0 Å². The van der Waals surface area contributed by atoms with Gasteiger partial charge in [-0.05, 0) is 30.6 Å². The number of hydrogen-bond donors (Lipinski definition) is 1. The minimum Gasteiger partial charge on any atom is -0.374 e. The molecule has 1 aliphatic carbocycles. The molecular weight excluding hydrogens is 212 g/mol. The highest BCUT2D eigenvalue weighted by Crippen LogP contribution is 2.40. The minimum atomic E-state index is 0.255. The highest BCUT2D eigenvalue weighted by Gasteiger charge is 2.36. The highest BCUT2D eigenvalue weighted by atomic mass is 16.5. The second kappa shape index (κ2) is 5.25. The molecule has 0 aromatic rings. The van der Waals surface area contributed by atoms with E-state index in [1.807, 2.05) is 0 Å². The van der Waals surface area contributed by atoms with Gasteiger partial charge in [-0.1, -0.05) is 20.8 Å². The number of ether oxygens (including phenoxy) is 1. The zero-order chi connectivity index (χ0) is 12.5. The molecule has 1 saturated heterocycles. The molecule has 1 saturated carbocycles. The predicted octanol–water partition coefficient (Wildman–Crippen LogP) is 1.86. The van der Waals surface area contributed by atoms with Crippen molar-refractivity contribution in [3.05, 3.63) is 0 Å². The largest absolute Gasteiger partial charge is 0.374 e. The standard InChI is InChI=1S/C14H28N2O/c1-11-8-14(2,3)5-4-13(11)16-6-7-17-12(9-15)10-16/h11-13H,4-10,15H2,1-3H3. The van der Waals surface area contributed by atoms with Crippen LogP contribution in [0.2, 0.25) is 0 Å². The summed E-state index contributed by atoms with van der Waals surface area (Å²) in [5.41, 5.74) is 6.26. The van der Waals surface area contributed by atoms with Crippen molar-refractivity contribution in [3.63, 3.8) is 0 Å². The molecule has 2 rings (SSSR count). The third-order valence-electron chi connectivity index (χ3n) is 4.55. The van der Waals surface area contributed by atoms with E-state index in [1.165, 1.54) is 19.3 Å². The van der Waals surface area contributed by atoms with Gasteiger partial charge in [0, 0.05) is 25.7 Å². The van der Waals surface area contributed by atoms with Gasteiger partial charge in [-0.2, -0.15) is 0 Å². The fourth-order valence-corrected chi connectivity index (χ4v) is 3.66. The third kappa shape index (κ3) is 3.21. The van der Waals surface area contributed by atoms with E-state index in [0.29, 0.717) is 12.0 Å². The van der Waals surface area contributed by atoms with Gasteiger partial charge in [0.25, 0.3) is 0 Å². The maximum absolute atomic E-state index is 5.72. The molecule has 3 heteroatoms. The van der Waals surface area contributed by atoms with Crippen LogP contribution in [0.15, 0.2) is 0 Å². The van der Waals surface area contributed by atoms with Crippen molar-refractivity contribution in [2.75, 3.05) is 26.2 Å². The molecule has 1 heterocycles. The maximum Gasteiger partial charge on any atom is 0.0824 e. The lowest BCUT2D eigenvalue weighted by atomic mass is 9.70. The Morgan fingerprint density at radius 3 is 2.82 bits per heavy atom. The van der Waals surface area contributed by atoms with E-state index in [1.54, 1.807) is 0 Å². The Morgan fingerprint density at radius 1 is 1.41 bits per heavy atom. The third-order valence-corrected chi connectivity index (χ3v) is 4.55. The summed E-state index contributed by atoms with van der Waals surface area (Å²) in [7, 11) is 0. The van der Waals surface area contributed by atoms with Crippen LogP contribution < -0.4 is 5.73 Å². The molecule has 0 spiro atoms. The number of rotatable bonds is 2. The normalized spacial score (nSPS) is 39.2. The van der Waals surface area contributed by atoms with Gasteiger partial charge in [0.1, 0.15) is 0 Å². The van der Waals surface area contributed by atoms with Crippen LogP contribution in [0.5, 0.6) is 0 Å². The molecule has 0 bridgehead atoms. The summed E-state index contributed by atoms with van der Waals surface area (Å²) < 4.78 is 5.66. The summed E-state index contributed by atoms with van der Waals surface area (Å²) in [6.45, 7) is 10.9. The predicted molar refractivity (Wildman–Crippen MR) is 71.0 cm³/mol. The topological polar surface area (TPSA) is 38.5 Å². The molecule has 100 valence electrons. The number of hydrogen-bond acceptors (Lipinski definition) is 3. The van der Waals surface area contributed by atoms with Gasteiger partial charge in [-0.15, -0.1) is 0 Å². The minimum absolute atomic E-state index is 0.255. The number of nitrogens with zero attached hydrogens (tertiary/aromatic N) is 1. The summed E-state index contributed by atoms with van der Waals surface area (Å²) >= 11 is 0. The van der Waals surface area contributed by atoms with E-state index >= 15 is 0 Å². The van der Waals surface area contributed by atoms with E-state index in [0.717, 1.165) is 31.7 Å². The Hall–Kier alpha value is -0.120. The first kappa shape index (κ1) is 13.3. The lowest BCUT2D eigenvalue weighted by Gasteiger charge is -2.46. The monoisotopic (exact) mass is 240 g/mol. The van der Waals surface area contributed by atoms with Crippen molar-refractivity contribution in [3.8, 4) is 0 Å². The second-order valence-electron chi connectivity index (χ2n) is 6.68. The Balaban J connectivity index is 1.93. The molecule has 3 unspecified atom stereocenters. The molecule has 17 heavy (non-hydrogen) atoms. The summed E-state index contributed by atoms with van der Waals surface area (Å²) in [5, 5.41) is 0. The van der Waals surface area contributed by atoms with Crippen LogP contribution in [0.25, 0.3) is 0 Å². The summed E-state index contributed by atoms with van der Waals surface area (Å²) in [6, 6.07) is 0.751. The number of morpholine rings is 1. The molecule has 2 fully saturated rings. The first-order valence-electron chi connectivity index (χ1n) is 7.07. The maximum atomic E-state index is 5.72. The zero-order valence-electron chi connectivity index (χ0n) is 11.6. The average molecular weight is 240 g/mol. The highest BCUT2D eigenvalue weighted by molar-refractivity contribution is 4.90. The van der Waals surface area contributed by atoms with E-state index in [2.05, 4.69) is 25.7 Å². The zero-order valence-corrected chi connectivity index (χ0v) is 11.6. The lowest BCUT2D eigenvalue weighted by molar-refractivity contribution is -0.0595. The molecule has 0 aromatic heterocycles. The van der Waals surface area contributed by atoms with Gasteiger partial charge >= 0.3 is 0 Å². The van der Waals surface area contributed by atoms with Gasteiger partial charge in [0.05, 0.1) is 12.7 Å². The molecule has 0 radical (unpaired) electrons. The molecule has 0 amide bonds. The van der Waals surface area contributed by atoms with Crippen molar-refractivity contribution in [2.24, 2.45) is 17.1 Å². The van der Waals surface area contributed by atoms with Crippen molar-refractivity contribution in [1.29, 1.82) is 0 Å². The first-order chi connectivity index (χ1) is 8.02.